The van der Waals surface area contributed by atoms with Gasteiger partial charge in [0.2, 0.25) is 5.91 Å². The monoisotopic (exact) mass is 239 g/mol. The highest BCUT2D eigenvalue weighted by Gasteiger charge is 2.33. The molecule has 5 nitrogen and oxygen atoms in total. The maximum absolute atomic E-state index is 13.2. The van der Waals surface area contributed by atoms with Gasteiger partial charge in [-0.05, 0) is 13.0 Å². The molecule has 6 heteroatoms. The highest BCUT2D eigenvalue weighted by molar-refractivity contribution is 5.91. The van der Waals surface area contributed by atoms with Crippen LogP contribution < -0.4 is 10.6 Å². The predicted octanol–water partition coefficient (Wildman–Crippen LogP) is 0.538. The zero-order chi connectivity index (χ0) is 12.3. The number of carbonyl (C=O) groups excluding carboxylic acids is 1. The minimum Gasteiger partial charge on any atom is -0.363 e. The number of aromatic nitrogens is 1. The second-order valence-electron chi connectivity index (χ2n) is 4.25. The van der Waals surface area contributed by atoms with Crippen molar-refractivity contribution in [1.82, 2.24) is 10.3 Å². The van der Waals surface area contributed by atoms with E-state index in [1.807, 2.05) is 6.92 Å². The molecular weight excluding hydrogens is 225 g/mol. The average Bonchev–Trinajstić information content (AvgIpc) is 2.27. The topological polar surface area (TPSA) is 63.2 Å². The number of hydrogen-bond acceptors (Lipinski definition) is 4. The van der Waals surface area contributed by atoms with Crippen molar-refractivity contribution >= 4 is 11.6 Å². The first-order valence-electron chi connectivity index (χ1n) is 5.33. The number of amides is 1. The third-order valence-electron chi connectivity index (χ3n) is 2.60. The minimum atomic E-state index is -0.558. The van der Waals surface area contributed by atoms with E-state index in [-0.39, 0.29) is 23.8 Å². The van der Waals surface area contributed by atoms with Gasteiger partial charge < -0.3 is 15.4 Å². The summed E-state index contributed by atoms with van der Waals surface area (Å²) >= 11 is 0. The lowest BCUT2D eigenvalue weighted by molar-refractivity contribution is -0.130. The summed E-state index contributed by atoms with van der Waals surface area (Å²) in [5.74, 6) is -0.930. The van der Waals surface area contributed by atoms with E-state index in [4.69, 9.17) is 4.74 Å². The lowest BCUT2D eigenvalue weighted by Crippen LogP contribution is -2.59. The second kappa shape index (κ2) is 4.77. The summed E-state index contributed by atoms with van der Waals surface area (Å²) in [6, 6.07) is 1.40. The third-order valence-corrected chi connectivity index (χ3v) is 2.60. The van der Waals surface area contributed by atoms with Crippen molar-refractivity contribution in [3.05, 3.63) is 24.3 Å². The van der Waals surface area contributed by atoms with Crippen LogP contribution in [0.25, 0.3) is 0 Å². The van der Waals surface area contributed by atoms with Gasteiger partial charge in [-0.25, -0.2) is 4.39 Å². The fourth-order valence-corrected chi connectivity index (χ4v) is 1.48. The van der Waals surface area contributed by atoms with Crippen molar-refractivity contribution in [3.63, 3.8) is 0 Å². The molecule has 1 saturated heterocycles. The maximum atomic E-state index is 13.2. The first kappa shape index (κ1) is 11.9. The summed E-state index contributed by atoms with van der Waals surface area (Å²) < 4.78 is 18.6. The molecule has 0 spiro atoms. The van der Waals surface area contributed by atoms with Crippen molar-refractivity contribution in [2.24, 2.45) is 0 Å². The van der Waals surface area contributed by atoms with Gasteiger partial charge in [-0.2, -0.15) is 0 Å². The van der Waals surface area contributed by atoms with Gasteiger partial charge in [0.15, 0.2) is 5.82 Å². The predicted molar refractivity (Wildman–Crippen MR) is 60.1 cm³/mol. The number of carbonyl (C=O) groups is 1. The van der Waals surface area contributed by atoms with E-state index in [2.05, 4.69) is 15.6 Å². The largest absolute Gasteiger partial charge is 0.363 e. The Morgan fingerprint density at radius 3 is 3.06 bits per heavy atom. The van der Waals surface area contributed by atoms with Gasteiger partial charge in [0.05, 0.1) is 17.5 Å². The smallest absolute Gasteiger partial charge is 0.250 e. The van der Waals surface area contributed by atoms with Gasteiger partial charge in [-0.1, -0.05) is 0 Å². The normalized spacial score (nSPS) is 17.3. The van der Waals surface area contributed by atoms with E-state index in [0.29, 0.717) is 0 Å². The number of nitrogens with one attached hydrogen (secondary N) is 2. The van der Waals surface area contributed by atoms with Crippen LogP contribution in [-0.2, 0) is 9.53 Å². The number of hydrogen-bond donors (Lipinski definition) is 2. The Bertz CT molecular complexity index is 421. The van der Waals surface area contributed by atoms with Crippen molar-refractivity contribution in [1.29, 1.82) is 0 Å². The summed E-state index contributed by atoms with van der Waals surface area (Å²) in [5.41, 5.74) is -0.167. The van der Waals surface area contributed by atoms with Crippen LogP contribution in [0, 0.1) is 5.82 Å². The maximum Gasteiger partial charge on any atom is 0.250 e. The summed E-state index contributed by atoms with van der Waals surface area (Å²) in [5, 5.41) is 5.49. The molecule has 17 heavy (non-hydrogen) atoms. The van der Waals surface area contributed by atoms with E-state index in [0.717, 1.165) is 19.3 Å². The van der Waals surface area contributed by atoms with Crippen LogP contribution in [0.3, 0.4) is 0 Å². The number of nitrogens with zero attached hydrogens (tertiary/aromatic N) is 1. The quantitative estimate of drug-likeness (QED) is 0.805. The Kier molecular flexibility index (Phi) is 3.35. The lowest BCUT2D eigenvalue weighted by atomic mass is 10.0. The molecule has 1 aromatic rings. The number of halogens is 1. The van der Waals surface area contributed by atoms with Gasteiger partial charge in [-0.15, -0.1) is 0 Å². The van der Waals surface area contributed by atoms with Gasteiger partial charge in [0.25, 0.3) is 0 Å². The van der Waals surface area contributed by atoms with Crippen molar-refractivity contribution in [2.45, 2.75) is 12.5 Å². The average molecular weight is 239 g/mol. The molecule has 1 aliphatic rings. The number of pyridine rings is 1. The van der Waals surface area contributed by atoms with Crippen LogP contribution >= 0.6 is 0 Å². The zero-order valence-corrected chi connectivity index (χ0v) is 9.50. The highest BCUT2D eigenvalue weighted by atomic mass is 19.1. The van der Waals surface area contributed by atoms with E-state index in [1.54, 1.807) is 0 Å². The molecule has 1 amide bonds. The number of rotatable bonds is 4. The summed E-state index contributed by atoms with van der Waals surface area (Å²) in [6.07, 6.45) is 2.46. The summed E-state index contributed by atoms with van der Waals surface area (Å²) in [7, 11) is 0. The molecule has 0 aliphatic carbocycles. The van der Waals surface area contributed by atoms with Gasteiger partial charge in [0, 0.05) is 19.3 Å². The summed E-state index contributed by atoms with van der Waals surface area (Å²) in [6.45, 7) is 3.29. The molecule has 1 aliphatic heterocycles. The van der Waals surface area contributed by atoms with E-state index in [9.17, 15) is 9.18 Å². The van der Waals surface area contributed by atoms with Gasteiger partial charge in [-0.3, -0.25) is 9.78 Å². The van der Waals surface area contributed by atoms with Crippen LogP contribution in [0.4, 0.5) is 10.1 Å². The zero-order valence-electron chi connectivity index (χ0n) is 9.50. The first-order valence-corrected chi connectivity index (χ1v) is 5.33. The molecule has 2 rings (SSSR count). The van der Waals surface area contributed by atoms with Gasteiger partial charge >= 0.3 is 0 Å². The van der Waals surface area contributed by atoms with Crippen molar-refractivity contribution < 1.29 is 13.9 Å². The van der Waals surface area contributed by atoms with Crippen LogP contribution in [-0.4, -0.2) is 36.2 Å². The molecule has 92 valence electrons. The standard InChI is InChI=1S/C11H14FN3O2/c1-11(6-14-7-11)17-5-10(16)15-9-2-3-13-4-8(9)12/h2-4,14H,5-7H2,1H3,(H,13,15,16). The minimum absolute atomic E-state index is 0.0834. The molecule has 0 radical (unpaired) electrons. The molecule has 0 unspecified atom stereocenters. The molecular formula is C11H14FN3O2. The molecule has 1 fully saturated rings. The van der Waals surface area contributed by atoms with Gasteiger partial charge in [0.1, 0.15) is 6.61 Å². The Hall–Kier alpha value is -1.53. The third kappa shape index (κ3) is 2.98. The molecule has 1 aromatic heterocycles. The molecule has 0 atom stereocenters. The van der Waals surface area contributed by atoms with Crippen LogP contribution in [0.1, 0.15) is 6.92 Å². The van der Waals surface area contributed by atoms with Crippen molar-refractivity contribution in [2.75, 3.05) is 25.0 Å². The Balaban J connectivity index is 1.83. The lowest BCUT2D eigenvalue weighted by Gasteiger charge is -2.38. The number of ether oxygens (including phenoxy) is 1. The Labute approximate surface area is 98.4 Å². The molecule has 0 aromatic carbocycles. The van der Waals surface area contributed by atoms with Crippen LogP contribution in [0.5, 0.6) is 0 Å². The molecule has 2 heterocycles. The first-order chi connectivity index (χ1) is 8.09. The highest BCUT2D eigenvalue weighted by Crippen LogP contribution is 2.15. The summed E-state index contributed by atoms with van der Waals surface area (Å²) in [4.78, 5) is 15.1. The Morgan fingerprint density at radius 2 is 2.47 bits per heavy atom. The SMILES string of the molecule is CC1(OCC(=O)Nc2ccncc2F)CNC1. The van der Waals surface area contributed by atoms with Crippen LogP contribution in [0.15, 0.2) is 18.5 Å². The second-order valence-corrected chi connectivity index (χ2v) is 4.25. The fraction of sp³-hybridized carbons (Fsp3) is 0.455. The molecule has 2 N–H and O–H groups in total. The van der Waals surface area contributed by atoms with Crippen molar-refractivity contribution in [3.8, 4) is 0 Å². The number of anilines is 1. The van der Waals surface area contributed by atoms with E-state index in [1.165, 1.54) is 12.3 Å². The Morgan fingerprint density at radius 1 is 1.71 bits per heavy atom. The molecule has 0 bridgehead atoms. The van der Waals surface area contributed by atoms with Crippen LogP contribution in [0.2, 0.25) is 0 Å². The fourth-order valence-electron chi connectivity index (χ4n) is 1.48. The van der Waals surface area contributed by atoms with E-state index < -0.39 is 5.82 Å². The molecule has 0 saturated carbocycles. The van der Waals surface area contributed by atoms with E-state index >= 15 is 0 Å².